The van der Waals surface area contributed by atoms with Crippen molar-refractivity contribution in [1.82, 2.24) is 5.32 Å². The molecule has 0 heterocycles. The smallest absolute Gasteiger partial charge is 0.220 e. The van der Waals surface area contributed by atoms with Gasteiger partial charge in [-0.1, -0.05) is 44.9 Å². The lowest BCUT2D eigenvalue weighted by atomic mass is 9.71. The summed E-state index contributed by atoms with van der Waals surface area (Å²) in [6.07, 6.45) is 13.4. The molecule has 2 aliphatic carbocycles. The van der Waals surface area contributed by atoms with E-state index in [1.165, 1.54) is 51.4 Å². The summed E-state index contributed by atoms with van der Waals surface area (Å²) in [4.78, 5) is 12.1. The Morgan fingerprint density at radius 3 is 2.35 bits per heavy atom. The Hall–Kier alpha value is -0.280. The Kier molecular flexibility index (Phi) is 7.90. The zero-order valence-electron chi connectivity index (χ0n) is 12.7. The molecule has 3 N–H and O–H groups in total. The number of carbonyl (C=O) groups is 1. The number of nitrogens with two attached hydrogens (primary N) is 1. The van der Waals surface area contributed by atoms with Crippen molar-refractivity contribution in [3.8, 4) is 0 Å². The first-order valence-corrected chi connectivity index (χ1v) is 8.21. The summed E-state index contributed by atoms with van der Waals surface area (Å²) in [5, 5.41) is 3.12. The average Bonchev–Trinajstić information content (AvgIpc) is 2.93. The average molecular weight is 303 g/mol. The van der Waals surface area contributed by atoms with Crippen LogP contribution in [-0.4, -0.2) is 19.0 Å². The quantitative estimate of drug-likeness (QED) is 0.790. The minimum atomic E-state index is 0. The zero-order chi connectivity index (χ0) is 13.6. The minimum absolute atomic E-state index is 0. The van der Waals surface area contributed by atoms with Crippen LogP contribution in [0.3, 0.4) is 0 Å². The van der Waals surface area contributed by atoms with Gasteiger partial charge in [-0.15, -0.1) is 12.4 Å². The summed E-state index contributed by atoms with van der Waals surface area (Å²) in [7, 11) is 0. The molecule has 4 heteroatoms. The molecule has 118 valence electrons. The molecule has 0 saturated heterocycles. The molecular formula is C16H31ClN2O. The van der Waals surface area contributed by atoms with E-state index >= 15 is 0 Å². The predicted molar refractivity (Wildman–Crippen MR) is 86.0 cm³/mol. The van der Waals surface area contributed by atoms with Gasteiger partial charge in [-0.25, -0.2) is 0 Å². The molecule has 20 heavy (non-hydrogen) atoms. The first kappa shape index (κ1) is 17.8. The van der Waals surface area contributed by atoms with Crippen LogP contribution in [0, 0.1) is 11.3 Å². The Morgan fingerprint density at radius 2 is 1.75 bits per heavy atom. The van der Waals surface area contributed by atoms with Gasteiger partial charge in [0, 0.05) is 13.0 Å². The van der Waals surface area contributed by atoms with Crippen LogP contribution < -0.4 is 11.1 Å². The number of amides is 1. The lowest BCUT2D eigenvalue weighted by Gasteiger charge is -2.35. The normalized spacial score (nSPS) is 22.2. The van der Waals surface area contributed by atoms with Crippen molar-refractivity contribution < 1.29 is 4.79 Å². The predicted octanol–water partition coefficient (Wildman–Crippen LogP) is 3.40. The highest BCUT2D eigenvalue weighted by atomic mass is 35.5. The topological polar surface area (TPSA) is 55.1 Å². The van der Waals surface area contributed by atoms with Gasteiger partial charge in [0.05, 0.1) is 0 Å². The molecule has 0 radical (unpaired) electrons. The highest BCUT2D eigenvalue weighted by molar-refractivity contribution is 5.85. The van der Waals surface area contributed by atoms with E-state index in [9.17, 15) is 4.79 Å². The lowest BCUT2D eigenvalue weighted by Crippen LogP contribution is -2.39. The van der Waals surface area contributed by atoms with Crippen molar-refractivity contribution >= 4 is 18.3 Å². The summed E-state index contributed by atoms with van der Waals surface area (Å²) in [5.41, 5.74) is 6.04. The van der Waals surface area contributed by atoms with Crippen LogP contribution in [0.1, 0.15) is 70.6 Å². The van der Waals surface area contributed by atoms with Crippen LogP contribution >= 0.6 is 12.4 Å². The van der Waals surface area contributed by atoms with Crippen molar-refractivity contribution in [3.63, 3.8) is 0 Å². The summed E-state index contributed by atoms with van der Waals surface area (Å²) in [5.74, 6) is 1.09. The van der Waals surface area contributed by atoms with Gasteiger partial charge < -0.3 is 11.1 Å². The van der Waals surface area contributed by atoms with Gasteiger partial charge in [-0.2, -0.15) is 0 Å². The minimum Gasteiger partial charge on any atom is -0.356 e. The molecule has 0 unspecified atom stereocenters. The first-order chi connectivity index (χ1) is 9.24. The van der Waals surface area contributed by atoms with E-state index in [4.69, 9.17) is 5.73 Å². The fourth-order valence-corrected chi connectivity index (χ4v) is 3.87. The third-order valence-corrected chi connectivity index (χ3v) is 5.23. The van der Waals surface area contributed by atoms with E-state index in [0.717, 1.165) is 25.3 Å². The van der Waals surface area contributed by atoms with Crippen LogP contribution in [0.5, 0.6) is 0 Å². The van der Waals surface area contributed by atoms with Crippen LogP contribution in [0.2, 0.25) is 0 Å². The summed E-state index contributed by atoms with van der Waals surface area (Å²) >= 11 is 0. The summed E-state index contributed by atoms with van der Waals surface area (Å²) in [6, 6.07) is 0. The third-order valence-electron chi connectivity index (χ3n) is 5.23. The van der Waals surface area contributed by atoms with E-state index in [1.54, 1.807) is 0 Å². The van der Waals surface area contributed by atoms with Gasteiger partial charge in [0.25, 0.3) is 0 Å². The standard InChI is InChI=1S/C16H30N2O.ClH/c17-13-16(9-4-1-5-10-16)12-15(19)18-11-8-14-6-2-3-7-14;/h14H,1-13,17H2,(H,18,19);1H. The van der Waals surface area contributed by atoms with Crippen LogP contribution in [0.15, 0.2) is 0 Å². The van der Waals surface area contributed by atoms with Crippen molar-refractivity contribution in [2.45, 2.75) is 70.6 Å². The molecule has 2 fully saturated rings. The SMILES string of the molecule is Cl.NCC1(CC(=O)NCCC2CCCC2)CCCCC1. The monoisotopic (exact) mass is 302 g/mol. The number of rotatable bonds is 6. The highest BCUT2D eigenvalue weighted by Gasteiger charge is 2.32. The molecule has 0 aromatic carbocycles. The van der Waals surface area contributed by atoms with Gasteiger partial charge in [0.15, 0.2) is 0 Å². The maximum Gasteiger partial charge on any atom is 0.220 e. The Morgan fingerprint density at radius 1 is 1.10 bits per heavy atom. The number of halogens is 1. The van der Waals surface area contributed by atoms with Crippen molar-refractivity contribution in [3.05, 3.63) is 0 Å². The third kappa shape index (κ3) is 5.25. The van der Waals surface area contributed by atoms with Crippen LogP contribution in [0.25, 0.3) is 0 Å². The molecule has 0 aliphatic heterocycles. The molecular weight excluding hydrogens is 272 g/mol. The van der Waals surface area contributed by atoms with E-state index < -0.39 is 0 Å². The highest BCUT2D eigenvalue weighted by Crippen LogP contribution is 2.38. The Balaban J connectivity index is 0.00000200. The van der Waals surface area contributed by atoms with Crippen molar-refractivity contribution in [1.29, 1.82) is 0 Å². The van der Waals surface area contributed by atoms with Crippen LogP contribution in [-0.2, 0) is 4.79 Å². The summed E-state index contributed by atoms with van der Waals surface area (Å²) < 4.78 is 0. The molecule has 2 saturated carbocycles. The zero-order valence-corrected chi connectivity index (χ0v) is 13.5. The maximum atomic E-state index is 12.1. The molecule has 0 aromatic heterocycles. The number of hydrogen-bond acceptors (Lipinski definition) is 2. The first-order valence-electron chi connectivity index (χ1n) is 8.21. The van der Waals surface area contributed by atoms with Gasteiger partial charge >= 0.3 is 0 Å². The number of nitrogens with one attached hydrogen (secondary N) is 1. The molecule has 0 bridgehead atoms. The van der Waals surface area contributed by atoms with E-state index in [2.05, 4.69) is 5.32 Å². The Labute approximate surface area is 129 Å². The maximum absolute atomic E-state index is 12.1. The molecule has 2 rings (SSSR count). The van der Waals surface area contributed by atoms with Gasteiger partial charge in [-0.05, 0) is 37.1 Å². The van der Waals surface area contributed by atoms with Gasteiger partial charge in [-0.3, -0.25) is 4.79 Å². The summed E-state index contributed by atoms with van der Waals surface area (Å²) in [6.45, 7) is 1.53. The van der Waals surface area contributed by atoms with Crippen molar-refractivity contribution in [2.75, 3.05) is 13.1 Å². The van der Waals surface area contributed by atoms with Gasteiger partial charge in [0.2, 0.25) is 5.91 Å². The Bertz CT molecular complexity index is 284. The largest absolute Gasteiger partial charge is 0.356 e. The second-order valence-corrected chi connectivity index (χ2v) is 6.73. The second-order valence-electron chi connectivity index (χ2n) is 6.73. The fraction of sp³-hybridized carbons (Fsp3) is 0.938. The number of carbonyl (C=O) groups excluding carboxylic acids is 1. The molecule has 0 atom stereocenters. The molecule has 0 spiro atoms. The fourth-order valence-electron chi connectivity index (χ4n) is 3.87. The van der Waals surface area contributed by atoms with E-state index in [0.29, 0.717) is 13.0 Å². The molecule has 1 amide bonds. The lowest BCUT2D eigenvalue weighted by molar-refractivity contribution is -0.123. The molecule has 3 nitrogen and oxygen atoms in total. The molecule has 2 aliphatic rings. The number of hydrogen-bond donors (Lipinski definition) is 2. The second kappa shape index (κ2) is 8.89. The van der Waals surface area contributed by atoms with Crippen LogP contribution in [0.4, 0.5) is 0 Å². The van der Waals surface area contributed by atoms with E-state index in [-0.39, 0.29) is 23.7 Å². The van der Waals surface area contributed by atoms with Crippen molar-refractivity contribution in [2.24, 2.45) is 17.1 Å². The molecule has 0 aromatic rings. The van der Waals surface area contributed by atoms with E-state index in [1.807, 2.05) is 0 Å². The van der Waals surface area contributed by atoms with Gasteiger partial charge in [0.1, 0.15) is 0 Å².